The van der Waals surface area contributed by atoms with Gasteiger partial charge in [0.1, 0.15) is 0 Å². The zero-order valence-electron chi connectivity index (χ0n) is 13.3. The lowest BCUT2D eigenvalue weighted by Crippen LogP contribution is -2.52. The zero-order chi connectivity index (χ0) is 16.5. The lowest BCUT2D eigenvalue weighted by molar-refractivity contribution is -0.138. The van der Waals surface area contributed by atoms with Crippen molar-refractivity contribution in [2.45, 2.75) is 37.9 Å². The van der Waals surface area contributed by atoms with Crippen molar-refractivity contribution in [3.8, 4) is 0 Å². The molecule has 0 saturated carbocycles. The first-order valence-electron chi connectivity index (χ1n) is 8.27. The molecular formula is C18H19N3O3. The third-order valence-corrected chi connectivity index (χ3v) is 4.95. The number of carbonyl (C=O) groups is 2. The van der Waals surface area contributed by atoms with Crippen LogP contribution in [0.1, 0.15) is 35.4 Å². The first-order valence-corrected chi connectivity index (χ1v) is 8.27. The molecule has 2 fully saturated rings. The largest absolute Gasteiger partial charge is 0.459 e. The summed E-state index contributed by atoms with van der Waals surface area (Å²) in [5.74, 6) is 0.446. The van der Waals surface area contributed by atoms with Gasteiger partial charge in [-0.2, -0.15) is 0 Å². The predicted octanol–water partition coefficient (Wildman–Crippen LogP) is 2.08. The number of likely N-dealkylation sites (tertiary alicyclic amines) is 2. The molecule has 124 valence electrons. The highest BCUT2D eigenvalue weighted by Gasteiger charge is 2.45. The average Bonchev–Trinajstić information content (AvgIpc) is 3.27. The SMILES string of the molecule is O=C1CC[C@@H]2[C@@H](CCN2C(=O)c2ccco2)N1Cc1cccnc1. The van der Waals surface area contributed by atoms with E-state index in [4.69, 9.17) is 4.42 Å². The summed E-state index contributed by atoms with van der Waals surface area (Å²) in [6, 6.07) is 7.41. The molecule has 0 bridgehead atoms. The second-order valence-electron chi connectivity index (χ2n) is 6.32. The standard InChI is InChI=1S/C18H19N3O3/c22-17-6-5-14-15(21(17)12-13-3-1-8-19-11-13)7-9-20(14)18(23)16-4-2-10-24-16/h1-4,8,10-11,14-15H,5-7,9,12H2/t14-,15-/m1/s1. The fourth-order valence-electron chi connectivity index (χ4n) is 3.84. The molecule has 2 amide bonds. The van der Waals surface area contributed by atoms with Gasteiger partial charge in [-0.05, 0) is 36.6 Å². The number of nitrogens with zero attached hydrogens (tertiary/aromatic N) is 3. The molecule has 0 N–H and O–H groups in total. The van der Waals surface area contributed by atoms with Crippen molar-refractivity contribution >= 4 is 11.8 Å². The number of carbonyl (C=O) groups excluding carboxylic acids is 2. The number of piperidine rings is 1. The van der Waals surface area contributed by atoms with Crippen molar-refractivity contribution in [1.82, 2.24) is 14.8 Å². The van der Waals surface area contributed by atoms with Crippen molar-refractivity contribution in [3.05, 3.63) is 54.2 Å². The number of pyridine rings is 1. The van der Waals surface area contributed by atoms with Gasteiger partial charge in [0.15, 0.2) is 5.76 Å². The van der Waals surface area contributed by atoms with Gasteiger partial charge < -0.3 is 14.2 Å². The van der Waals surface area contributed by atoms with E-state index in [1.807, 2.05) is 21.9 Å². The number of amides is 2. The second kappa shape index (κ2) is 6.11. The Morgan fingerprint density at radius 2 is 2.17 bits per heavy atom. The molecule has 2 aliphatic rings. The molecule has 2 aromatic rings. The molecule has 4 heterocycles. The number of rotatable bonds is 3. The molecule has 2 aliphatic heterocycles. The zero-order valence-corrected chi connectivity index (χ0v) is 13.3. The fraction of sp³-hybridized carbons (Fsp3) is 0.389. The lowest BCUT2D eigenvalue weighted by atomic mass is 9.95. The Morgan fingerprint density at radius 1 is 1.25 bits per heavy atom. The second-order valence-corrected chi connectivity index (χ2v) is 6.32. The molecule has 0 spiro atoms. The summed E-state index contributed by atoms with van der Waals surface area (Å²) in [4.78, 5) is 33.0. The fourth-order valence-corrected chi connectivity index (χ4v) is 3.84. The molecule has 0 unspecified atom stereocenters. The van der Waals surface area contributed by atoms with E-state index in [0.29, 0.717) is 25.3 Å². The normalized spacial score (nSPS) is 23.4. The van der Waals surface area contributed by atoms with Crippen LogP contribution in [0.25, 0.3) is 0 Å². The summed E-state index contributed by atoms with van der Waals surface area (Å²) < 4.78 is 5.25. The van der Waals surface area contributed by atoms with Gasteiger partial charge in [-0.3, -0.25) is 14.6 Å². The molecule has 0 aliphatic carbocycles. The number of hydrogen-bond acceptors (Lipinski definition) is 4. The van der Waals surface area contributed by atoms with Crippen LogP contribution in [0.2, 0.25) is 0 Å². The van der Waals surface area contributed by atoms with Gasteiger partial charge in [0.25, 0.3) is 5.91 Å². The molecule has 24 heavy (non-hydrogen) atoms. The van der Waals surface area contributed by atoms with E-state index in [0.717, 1.165) is 18.4 Å². The number of aromatic nitrogens is 1. The maximum atomic E-state index is 12.6. The minimum absolute atomic E-state index is 0.0666. The first-order chi connectivity index (χ1) is 11.7. The predicted molar refractivity (Wildman–Crippen MR) is 86.0 cm³/mol. The molecular weight excluding hydrogens is 306 g/mol. The van der Waals surface area contributed by atoms with Gasteiger partial charge in [-0.1, -0.05) is 6.07 Å². The van der Waals surface area contributed by atoms with Crippen molar-refractivity contribution < 1.29 is 14.0 Å². The van der Waals surface area contributed by atoms with Crippen molar-refractivity contribution in [3.63, 3.8) is 0 Å². The van der Waals surface area contributed by atoms with Crippen LogP contribution >= 0.6 is 0 Å². The average molecular weight is 325 g/mol. The first kappa shape index (κ1) is 14.9. The molecule has 2 saturated heterocycles. The molecule has 2 atom stereocenters. The van der Waals surface area contributed by atoms with Crippen molar-refractivity contribution in [2.75, 3.05) is 6.54 Å². The van der Waals surface area contributed by atoms with E-state index in [1.165, 1.54) is 6.26 Å². The summed E-state index contributed by atoms with van der Waals surface area (Å²) >= 11 is 0. The van der Waals surface area contributed by atoms with Crippen molar-refractivity contribution in [1.29, 1.82) is 0 Å². The number of hydrogen-bond donors (Lipinski definition) is 0. The van der Waals surface area contributed by atoms with Gasteiger partial charge in [-0.25, -0.2) is 0 Å². The van der Waals surface area contributed by atoms with Crippen LogP contribution in [0.4, 0.5) is 0 Å². The van der Waals surface area contributed by atoms with E-state index >= 15 is 0 Å². The maximum absolute atomic E-state index is 12.6. The summed E-state index contributed by atoms with van der Waals surface area (Å²) in [7, 11) is 0. The smallest absolute Gasteiger partial charge is 0.289 e. The summed E-state index contributed by atoms with van der Waals surface area (Å²) in [5.41, 5.74) is 1.02. The topological polar surface area (TPSA) is 66.7 Å². The number of fused-ring (bicyclic) bond motifs is 1. The third-order valence-electron chi connectivity index (χ3n) is 4.95. The monoisotopic (exact) mass is 325 g/mol. The van der Waals surface area contributed by atoms with Crippen LogP contribution < -0.4 is 0 Å². The Balaban J connectivity index is 1.54. The Hall–Kier alpha value is -2.63. The Morgan fingerprint density at radius 3 is 2.92 bits per heavy atom. The van der Waals surface area contributed by atoms with E-state index in [9.17, 15) is 9.59 Å². The molecule has 2 aromatic heterocycles. The van der Waals surface area contributed by atoms with Crippen LogP contribution in [-0.4, -0.2) is 45.2 Å². The molecule has 0 radical (unpaired) electrons. The lowest BCUT2D eigenvalue weighted by Gasteiger charge is -2.39. The van der Waals surface area contributed by atoms with E-state index in [-0.39, 0.29) is 23.9 Å². The van der Waals surface area contributed by atoms with Crippen LogP contribution in [0.15, 0.2) is 47.3 Å². The Labute approximate surface area is 140 Å². The van der Waals surface area contributed by atoms with Crippen LogP contribution in [-0.2, 0) is 11.3 Å². The Kier molecular flexibility index (Phi) is 3.80. The van der Waals surface area contributed by atoms with Gasteiger partial charge in [0.05, 0.1) is 18.3 Å². The molecule has 6 heteroatoms. The minimum Gasteiger partial charge on any atom is -0.459 e. The maximum Gasteiger partial charge on any atom is 0.289 e. The van der Waals surface area contributed by atoms with Gasteiger partial charge in [0, 0.05) is 31.9 Å². The third kappa shape index (κ3) is 2.58. The highest BCUT2D eigenvalue weighted by atomic mass is 16.3. The van der Waals surface area contributed by atoms with E-state index in [1.54, 1.807) is 24.5 Å². The highest BCUT2D eigenvalue weighted by molar-refractivity contribution is 5.92. The summed E-state index contributed by atoms with van der Waals surface area (Å²) in [6.45, 7) is 1.21. The molecule has 0 aromatic carbocycles. The van der Waals surface area contributed by atoms with Crippen LogP contribution in [0.3, 0.4) is 0 Å². The van der Waals surface area contributed by atoms with Gasteiger partial charge in [0.2, 0.25) is 5.91 Å². The molecule has 4 rings (SSSR count). The van der Waals surface area contributed by atoms with Crippen LogP contribution in [0, 0.1) is 0 Å². The molecule has 6 nitrogen and oxygen atoms in total. The Bertz CT molecular complexity index is 729. The summed E-state index contributed by atoms with van der Waals surface area (Å²) in [6.07, 6.45) is 7.03. The van der Waals surface area contributed by atoms with Gasteiger partial charge >= 0.3 is 0 Å². The highest BCUT2D eigenvalue weighted by Crippen LogP contribution is 2.33. The number of furan rings is 1. The summed E-state index contributed by atoms with van der Waals surface area (Å²) in [5, 5.41) is 0. The van der Waals surface area contributed by atoms with Crippen LogP contribution in [0.5, 0.6) is 0 Å². The van der Waals surface area contributed by atoms with E-state index in [2.05, 4.69) is 4.98 Å². The minimum atomic E-state index is -0.0804. The van der Waals surface area contributed by atoms with Crippen molar-refractivity contribution in [2.24, 2.45) is 0 Å². The van der Waals surface area contributed by atoms with E-state index < -0.39 is 0 Å². The van der Waals surface area contributed by atoms with Gasteiger partial charge in [-0.15, -0.1) is 0 Å². The quantitative estimate of drug-likeness (QED) is 0.866.